The summed E-state index contributed by atoms with van der Waals surface area (Å²) in [5.74, 6) is 2.50. The van der Waals surface area contributed by atoms with Gasteiger partial charge in [-0.1, -0.05) is 39.5 Å². The monoisotopic (exact) mass is 250 g/mol. The molecule has 0 saturated heterocycles. The van der Waals surface area contributed by atoms with Crippen molar-refractivity contribution in [1.82, 2.24) is 4.98 Å². The van der Waals surface area contributed by atoms with Crippen LogP contribution in [0, 0.1) is 5.92 Å². The third-order valence-corrected chi connectivity index (χ3v) is 2.99. The Balaban J connectivity index is 2.10. The Hall–Kier alpha value is -1.25. The Labute approximate surface area is 111 Å². The second kappa shape index (κ2) is 8.78. The number of unbranched alkanes of at least 4 members (excludes halogenated alkanes) is 3. The molecule has 0 saturated carbocycles. The Bertz CT molecular complexity index is 326. The number of pyridine rings is 1. The zero-order valence-electron chi connectivity index (χ0n) is 11.9. The van der Waals surface area contributed by atoms with E-state index in [-0.39, 0.29) is 0 Å². The number of aromatic nitrogens is 1. The van der Waals surface area contributed by atoms with Crippen LogP contribution in [0.1, 0.15) is 46.0 Å². The van der Waals surface area contributed by atoms with Crippen LogP contribution in [0.15, 0.2) is 18.3 Å². The maximum atomic E-state index is 5.24. The highest BCUT2D eigenvalue weighted by Crippen LogP contribution is 2.19. The van der Waals surface area contributed by atoms with Crippen molar-refractivity contribution in [3.63, 3.8) is 0 Å². The maximum absolute atomic E-state index is 5.24. The standard InChI is InChI=1S/C15H26N2O/c1-13(2)9-6-4-5-7-11-16-15-14(18-3)10-8-12-17-15/h8,10,12-13H,4-7,9,11H2,1-3H3,(H,16,17). The summed E-state index contributed by atoms with van der Waals surface area (Å²) in [4.78, 5) is 4.27. The van der Waals surface area contributed by atoms with E-state index in [4.69, 9.17) is 4.74 Å². The lowest BCUT2D eigenvalue weighted by molar-refractivity contribution is 0.414. The second-order valence-corrected chi connectivity index (χ2v) is 5.08. The highest BCUT2D eigenvalue weighted by Gasteiger charge is 2.01. The summed E-state index contributed by atoms with van der Waals surface area (Å²) in [5.41, 5.74) is 0. The average Bonchev–Trinajstić information content (AvgIpc) is 2.37. The zero-order chi connectivity index (χ0) is 13.2. The fraction of sp³-hybridized carbons (Fsp3) is 0.667. The van der Waals surface area contributed by atoms with E-state index in [1.54, 1.807) is 13.3 Å². The highest BCUT2D eigenvalue weighted by atomic mass is 16.5. The van der Waals surface area contributed by atoms with Gasteiger partial charge in [-0.05, 0) is 24.5 Å². The van der Waals surface area contributed by atoms with E-state index in [1.165, 1.54) is 32.1 Å². The summed E-state index contributed by atoms with van der Waals surface area (Å²) >= 11 is 0. The number of rotatable bonds is 9. The molecule has 0 bridgehead atoms. The van der Waals surface area contributed by atoms with Gasteiger partial charge in [-0.2, -0.15) is 0 Å². The molecule has 0 unspecified atom stereocenters. The van der Waals surface area contributed by atoms with Gasteiger partial charge >= 0.3 is 0 Å². The van der Waals surface area contributed by atoms with Crippen LogP contribution < -0.4 is 10.1 Å². The van der Waals surface area contributed by atoms with E-state index in [1.807, 2.05) is 12.1 Å². The second-order valence-electron chi connectivity index (χ2n) is 5.08. The van der Waals surface area contributed by atoms with Gasteiger partial charge in [-0.15, -0.1) is 0 Å². The van der Waals surface area contributed by atoms with Crippen molar-refractivity contribution in [1.29, 1.82) is 0 Å². The number of nitrogens with one attached hydrogen (secondary N) is 1. The number of anilines is 1. The molecule has 1 N–H and O–H groups in total. The maximum Gasteiger partial charge on any atom is 0.168 e. The van der Waals surface area contributed by atoms with Crippen LogP contribution in [0.3, 0.4) is 0 Å². The van der Waals surface area contributed by atoms with Crippen LogP contribution in [0.5, 0.6) is 5.75 Å². The van der Waals surface area contributed by atoms with E-state index in [2.05, 4.69) is 24.1 Å². The van der Waals surface area contributed by atoms with Crippen LogP contribution in [-0.4, -0.2) is 18.6 Å². The van der Waals surface area contributed by atoms with Crippen molar-refractivity contribution >= 4 is 5.82 Å². The lowest BCUT2D eigenvalue weighted by atomic mass is 10.0. The van der Waals surface area contributed by atoms with Gasteiger partial charge in [0, 0.05) is 12.7 Å². The summed E-state index contributed by atoms with van der Waals surface area (Å²) in [6.07, 6.45) is 8.30. The molecule has 0 amide bonds. The molecule has 0 aliphatic rings. The lowest BCUT2D eigenvalue weighted by Gasteiger charge is -2.09. The number of ether oxygens (including phenoxy) is 1. The van der Waals surface area contributed by atoms with Crippen molar-refractivity contribution in [2.45, 2.75) is 46.0 Å². The van der Waals surface area contributed by atoms with Gasteiger partial charge in [-0.25, -0.2) is 4.98 Å². The van der Waals surface area contributed by atoms with Crippen LogP contribution in [-0.2, 0) is 0 Å². The van der Waals surface area contributed by atoms with Gasteiger partial charge in [0.2, 0.25) is 0 Å². The summed E-state index contributed by atoms with van der Waals surface area (Å²) in [5, 5.41) is 3.33. The Morgan fingerprint density at radius 3 is 2.72 bits per heavy atom. The number of methoxy groups -OCH3 is 1. The van der Waals surface area contributed by atoms with Gasteiger partial charge in [0.15, 0.2) is 11.6 Å². The summed E-state index contributed by atoms with van der Waals surface area (Å²) < 4.78 is 5.24. The van der Waals surface area contributed by atoms with E-state index in [0.717, 1.165) is 24.0 Å². The predicted octanol–water partition coefficient (Wildman–Crippen LogP) is 4.11. The van der Waals surface area contributed by atoms with Crippen LogP contribution >= 0.6 is 0 Å². The minimum absolute atomic E-state index is 0.817. The first kappa shape index (κ1) is 14.8. The Morgan fingerprint density at radius 1 is 1.22 bits per heavy atom. The van der Waals surface area contributed by atoms with Crippen molar-refractivity contribution in [3.8, 4) is 5.75 Å². The number of hydrogen-bond donors (Lipinski definition) is 1. The molecule has 1 heterocycles. The minimum Gasteiger partial charge on any atom is -0.493 e. The minimum atomic E-state index is 0.817. The molecule has 1 aromatic heterocycles. The molecule has 102 valence electrons. The summed E-state index contributed by atoms with van der Waals surface area (Å²) in [6, 6.07) is 3.81. The smallest absolute Gasteiger partial charge is 0.168 e. The molecule has 0 radical (unpaired) electrons. The molecular formula is C15H26N2O. The highest BCUT2D eigenvalue weighted by molar-refractivity contribution is 5.49. The normalized spacial score (nSPS) is 10.7. The molecule has 18 heavy (non-hydrogen) atoms. The quantitative estimate of drug-likeness (QED) is 0.670. The molecule has 0 spiro atoms. The number of nitrogens with zero attached hydrogens (tertiary/aromatic N) is 1. The predicted molar refractivity (Wildman–Crippen MR) is 77.2 cm³/mol. The third kappa shape index (κ3) is 5.89. The van der Waals surface area contributed by atoms with E-state index < -0.39 is 0 Å². The molecule has 1 rings (SSSR count). The Morgan fingerprint density at radius 2 is 2.00 bits per heavy atom. The fourth-order valence-electron chi connectivity index (χ4n) is 1.93. The Kier molecular flexibility index (Phi) is 7.23. The topological polar surface area (TPSA) is 34.1 Å². The first-order valence-corrected chi connectivity index (χ1v) is 6.97. The third-order valence-electron chi connectivity index (χ3n) is 2.99. The molecule has 0 aromatic carbocycles. The van der Waals surface area contributed by atoms with Gasteiger partial charge in [0.05, 0.1) is 7.11 Å². The molecule has 1 aromatic rings. The molecule has 0 atom stereocenters. The molecular weight excluding hydrogens is 224 g/mol. The van der Waals surface area contributed by atoms with Crippen LogP contribution in [0.4, 0.5) is 5.82 Å². The average molecular weight is 250 g/mol. The van der Waals surface area contributed by atoms with Gasteiger partial charge < -0.3 is 10.1 Å². The van der Waals surface area contributed by atoms with Crippen LogP contribution in [0.2, 0.25) is 0 Å². The largest absolute Gasteiger partial charge is 0.493 e. The van der Waals surface area contributed by atoms with E-state index in [0.29, 0.717) is 0 Å². The van der Waals surface area contributed by atoms with Crippen molar-refractivity contribution in [3.05, 3.63) is 18.3 Å². The lowest BCUT2D eigenvalue weighted by Crippen LogP contribution is -2.04. The fourth-order valence-corrected chi connectivity index (χ4v) is 1.93. The number of hydrogen-bond acceptors (Lipinski definition) is 3. The SMILES string of the molecule is COc1cccnc1NCCCCCCC(C)C. The summed E-state index contributed by atoms with van der Waals surface area (Å²) in [7, 11) is 1.67. The van der Waals surface area contributed by atoms with E-state index >= 15 is 0 Å². The van der Waals surface area contributed by atoms with Gasteiger partial charge in [-0.3, -0.25) is 0 Å². The molecule has 3 nitrogen and oxygen atoms in total. The first-order chi connectivity index (χ1) is 8.74. The molecule has 0 aliphatic carbocycles. The first-order valence-electron chi connectivity index (χ1n) is 6.97. The summed E-state index contributed by atoms with van der Waals surface area (Å²) in [6.45, 7) is 5.54. The molecule has 0 aliphatic heterocycles. The van der Waals surface area contributed by atoms with Crippen molar-refractivity contribution < 1.29 is 4.74 Å². The van der Waals surface area contributed by atoms with Gasteiger partial charge in [0.1, 0.15) is 0 Å². The van der Waals surface area contributed by atoms with Crippen molar-refractivity contribution in [2.75, 3.05) is 19.0 Å². The van der Waals surface area contributed by atoms with E-state index in [9.17, 15) is 0 Å². The van der Waals surface area contributed by atoms with Crippen LogP contribution in [0.25, 0.3) is 0 Å². The molecule has 3 heteroatoms. The van der Waals surface area contributed by atoms with Crippen molar-refractivity contribution in [2.24, 2.45) is 5.92 Å². The van der Waals surface area contributed by atoms with Gasteiger partial charge in [0.25, 0.3) is 0 Å². The molecule has 0 fully saturated rings. The zero-order valence-corrected chi connectivity index (χ0v) is 11.9.